The number of aliphatic imine (C=N–C) groups is 1. The molecule has 0 bridgehead atoms. The average Bonchev–Trinajstić information content (AvgIpc) is 3.17. The lowest BCUT2D eigenvalue weighted by atomic mass is 10.1. The first-order chi connectivity index (χ1) is 12.4. The smallest absolute Gasteiger partial charge is 0.191 e. The maximum Gasteiger partial charge on any atom is 0.191 e. The molecule has 2 heterocycles. The van der Waals surface area contributed by atoms with E-state index in [0.29, 0.717) is 5.92 Å². The highest BCUT2D eigenvalue weighted by Crippen LogP contribution is 2.14. The predicted octanol–water partition coefficient (Wildman–Crippen LogP) is 3.61. The van der Waals surface area contributed by atoms with Crippen LogP contribution in [0.5, 0.6) is 0 Å². The van der Waals surface area contributed by atoms with Crippen molar-refractivity contribution in [2.75, 3.05) is 13.1 Å². The molecule has 0 saturated carbocycles. The summed E-state index contributed by atoms with van der Waals surface area (Å²) in [5, 5.41) is 11.5. The second kappa shape index (κ2) is 11.4. The van der Waals surface area contributed by atoms with Crippen molar-refractivity contribution in [2.24, 2.45) is 18.0 Å². The van der Waals surface area contributed by atoms with Crippen molar-refractivity contribution in [1.82, 2.24) is 20.4 Å². The first-order valence-corrected chi connectivity index (χ1v) is 9.43. The molecule has 0 spiro atoms. The van der Waals surface area contributed by atoms with E-state index in [0.717, 1.165) is 43.3 Å². The zero-order valence-corrected chi connectivity index (χ0v) is 19.7. The standard InChI is InChI=1S/C20H33N5O.HI/c1-14(2)13-22-20(21-10-9-18-8-7-11-26-18)23-15(3)12-19-16(4)24-25(6)17(19)5;/h7-8,11,14-15H,9-10,12-13H2,1-6H3,(H2,21,22,23);1H. The largest absolute Gasteiger partial charge is 0.469 e. The van der Waals surface area contributed by atoms with Gasteiger partial charge in [-0.05, 0) is 50.8 Å². The van der Waals surface area contributed by atoms with Gasteiger partial charge in [0.05, 0.1) is 12.0 Å². The van der Waals surface area contributed by atoms with Crippen molar-refractivity contribution in [3.63, 3.8) is 0 Å². The van der Waals surface area contributed by atoms with Gasteiger partial charge >= 0.3 is 0 Å². The minimum absolute atomic E-state index is 0. The normalized spacial score (nSPS) is 12.8. The fourth-order valence-corrected chi connectivity index (χ4v) is 2.89. The first-order valence-electron chi connectivity index (χ1n) is 9.43. The summed E-state index contributed by atoms with van der Waals surface area (Å²) in [4.78, 5) is 4.72. The Labute approximate surface area is 180 Å². The maximum atomic E-state index is 5.39. The van der Waals surface area contributed by atoms with E-state index in [-0.39, 0.29) is 30.0 Å². The number of hydrogen-bond donors (Lipinski definition) is 2. The van der Waals surface area contributed by atoms with Gasteiger partial charge in [-0.3, -0.25) is 9.67 Å². The topological polar surface area (TPSA) is 67.4 Å². The van der Waals surface area contributed by atoms with Crippen molar-refractivity contribution in [3.8, 4) is 0 Å². The van der Waals surface area contributed by atoms with Crippen molar-refractivity contribution in [3.05, 3.63) is 41.1 Å². The number of nitrogens with zero attached hydrogens (tertiary/aromatic N) is 3. The molecule has 2 N–H and O–H groups in total. The summed E-state index contributed by atoms with van der Waals surface area (Å²) in [5.41, 5.74) is 3.64. The summed E-state index contributed by atoms with van der Waals surface area (Å²) in [6.45, 7) is 12.3. The molecule has 0 saturated heterocycles. The van der Waals surface area contributed by atoms with Crippen LogP contribution in [-0.2, 0) is 19.9 Å². The Bertz CT molecular complexity index is 706. The number of halogens is 1. The van der Waals surface area contributed by atoms with Crippen molar-refractivity contribution < 1.29 is 4.42 Å². The number of rotatable bonds is 8. The van der Waals surface area contributed by atoms with E-state index in [2.05, 4.69) is 50.4 Å². The summed E-state index contributed by atoms with van der Waals surface area (Å²) < 4.78 is 7.34. The van der Waals surface area contributed by atoms with Gasteiger partial charge in [0.2, 0.25) is 0 Å². The molecule has 0 amide bonds. The van der Waals surface area contributed by atoms with Crippen LogP contribution in [0, 0.1) is 19.8 Å². The third-order valence-corrected chi connectivity index (χ3v) is 4.41. The zero-order chi connectivity index (χ0) is 19.1. The van der Waals surface area contributed by atoms with E-state index in [1.54, 1.807) is 6.26 Å². The van der Waals surface area contributed by atoms with Gasteiger partial charge in [0.25, 0.3) is 0 Å². The minimum atomic E-state index is 0. The molecule has 0 aromatic carbocycles. The summed E-state index contributed by atoms with van der Waals surface area (Å²) in [6, 6.07) is 4.18. The van der Waals surface area contributed by atoms with E-state index in [4.69, 9.17) is 9.41 Å². The molecule has 152 valence electrons. The Hall–Kier alpha value is -1.51. The van der Waals surface area contributed by atoms with Crippen molar-refractivity contribution >= 4 is 29.9 Å². The molecule has 2 aromatic heterocycles. The molecular weight excluding hydrogens is 453 g/mol. The van der Waals surface area contributed by atoms with Gasteiger partial charge < -0.3 is 15.1 Å². The lowest BCUT2D eigenvalue weighted by molar-refractivity contribution is 0.506. The summed E-state index contributed by atoms with van der Waals surface area (Å²) in [5.74, 6) is 2.36. The molecule has 0 fully saturated rings. The maximum absolute atomic E-state index is 5.39. The van der Waals surface area contributed by atoms with Crippen LogP contribution in [-0.4, -0.2) is 34.9 Å². The molecule has 7 heteroatoms. The molecule has 0 aliphatic heterocycles. The Kier molecular flexibility index (Phi) is 9.90. The van der Waals surface area contributed by atoms with Gasteiger partial charge in [-0.15, -0.1) is 24.0 Å². The zero-order valence-electron chi connectivity index (χ0n) is 17.4. The highest BCUT2D eigenvalue weighted by Gasteiger charge is 2.14. The summed E-state index contributed by atoms with van der Waals surface area (Å²) in [6.07, 6.45) is 3.47. The van der Waals surface area contributed by atoms with Gasteiger partial charge in [-0.2, -0.15) is 5.10 Å². The molecule has 6 nitrogen and oxygen atoms in total. The Morgan fingerprint density at radius 3 is 2.59 bits per heavy atom. The molecule has 27 heavy (non-hydrogen) atoms. The van der Waals surface area contributed by atoms with Crippen LogP contribution in [0.4, 0.5) is 0 Å². The molecule has 0 aliphatic rings. The lowest BCUT2D eigenvalue weighted by Crippen LogP contribution is -2.44. The molecule has 2 rings (SSSR count). The molecule has 2 aromatic rings. The second-order valence-corrected chi connectivity index (χ2v) is 7.36. The van der Waals surface area contributed by atoms with Gasteiger partial charge in [0, 0.05) is 38.3 Å². The third kappa shape index (κ3) is 7.56. The van der Waals surface area contributed by atoms with E-state index >= 15 is 0 Å². The average molecular weight is 487 g/mol. The lowest BCUT2D eigenvalue weighted by Gasteiger charge is -2.19. The number of furan rings is 1. The fraction of sp³-hybridized carbons (Fsp3) is 0.600. The van der Waals surface area contributed by atoms with Gasteiger partial charge in [-0.25, -0.2) is 0 Å². The highest BCUT2D eigenvalue weighted by molar-refractivity contribution is 14.0. The fourth-order valence-electron chi connectivity index (χ4n) is 2.89. The number of aromatic nitrogens is 2. The van der Waals surface area contributed by atoms with Gasteiger partial charge in [0.1, 0.15) is 5.76 Å². The van der Waals surface area contributed by atoms with Gasteiger partial charge in [0.15, 0.2) is 5.96 Å². The number of nitrogens with one attached hydrogen (secondary N) is 2. The monoisotopic (exact) mass is 487 g/mol. The quantitative estimate of drug-likeness (QED) is 0.339. The molecule has 0 aliphatic carbocycles. The minimum Gasteiger partial charge on any atom is -0.469 e. The second-order valence-electron chi connectivity index (χ2n) is 7.36. The van der Waals surface area contributed by atoms with Gasteiger partial charge in [-0.1, -0.05) is 13.8 Å². The van der Waals surface area contributed by atoms with Crippen molar-refractivity contribution in [2.45, 2.75) is 53.5 Å². The number of hydrogen-bond acceptors (Lipinski definition) is 3. The third-order valence-electron chi connectivity index (χ3n) is 4.41. The van der Waals surface area contributed by atoms with Crippen LogP contribution in [0.1, 0.15) is 43.5 Å². The summed E-state index contributed by atoms with van der Waals surface area (Å²) in [7, 11) is 2.00. The van der Waals surface area contributed by atoms with E-state index < -0.39 is 0 Å². The van der Waals surface area contributed by atoms with Crippen LogP contribution in [0.25, 0.3) is 0 Å². The molecule has 1 unspecified atom stereocenters. The summed E-state index contributed by atoms with van der Waals surface area (Å²) >= 11 is 0. The van der Waals surface area contributed by atoms with E-state index in [9.17, 15) is 0 Å². The Morgan fingerprint density at radius 1 is 1.30 bits per heavy atom. The van der Waals surface area contributed by atoms with E-state index in [1.807, 2.05) is 23.9 Å². The van der Waals surface area contributed by atoms with Crippen molar-refractivity contribution in [1.29, 1.82) is 0 Å². The van der Waals surface area contributed by atoms with Crippen LogP contribution < -0.4 is 10.6 Å². The Balaban J connectivity index is 0.00000364. The van der Waals surface area contributed by atoms with Crippen LogP contribution >= 0.6 is 24.0 Å². The van der Waals surface area contributed by atoms with Crippen LogP contribution in [0.2, 0.25) is 0 Å². The SMILES string of the molecule is Cc1nn(C)c(C)c1CC(C)NC(=NCC(C)C)NCCc1ccco1.I. The molecular formula is C20H34IN5O. The molecule has 0 radical (unpaired) electrons. The van der Waals surface area contributed by atoms with Crippen LogP contribution in [0.15, 0.2) is 27.8 Å². The Morgan fingerprint density at radius 2 is 2.04 bits per heavy atom. The first kappa shape index (κ1) is 23.5. The van der Waals surface area contributed by atoms with E-state index in [1.165, 1.54) is 11.3 Å². The predicted molar refractivity (Wildman–Crippen MR) is 122 cm³/mol. The van der Waals surface area contributed by atoms with Crippen LogP contribution in [0.3, 0.4) is 0 Å². The molecule has 1 atom stereocenters. The highest BCUT2D eigenvalue weighted by atomic mass is 127. The number of aryl methyl sites for hydroxylation is 2. The number of guanidine groups is 1.